The quantitative estimate of drug-likeness (QED) is 0.796. The Balaban J connectivity index is 1.79. The molecular weight excluding hydrogens is 376 g/mol. The number of H-pyrrole nitrogens is 1. The molecule has 8 nitrogen and oxygen atoms in total. The maximum atomic E-state index is 12.3. The number of rotatable bonds is 1. The second-order valence-corrected chi connectivity index (χ2v) is 7.70. The van der Waals surface area contributed by atoms with Crippen molar-refractivity contribution in [3.05, 3.63) is 10.9 Å². The van der Waals surface area contributed by atoms with Crippen LogP contribution in [0.15, 0.2) is 10.9 Å². The SMILES string of the molecule is CC1CN(C(=O)OC(C)(C)C)CCN1c1ncnc2n[nH]c(Br)c12. The molecule has 0 aliphatic carbocycles. The molecule has 1 amide bonds. The molecule has 3 rings (SSSR count). The van der Waals surface area contributed by atoms with Gasteiger partial charge in [-0.05, 0) is 43.6 Å². The molecule has 1 aliphatic heterocycles. The molecule has 0 saturated carbocycles. The number of nitrogens with zero attached hydrogens (tertiary/aromatic N) is 5. The van der Waals surface area contributed by atoms with E-state index >= 15 is 0 Å². The van der Waals surface area contributed by atoms with Crippen molar-refractivity contribution in [2.24, 2.45) is 0 Å². The predicted molar refractivity (Wildman–Crippen MR) is 94.0 cm³/mol. The summed E-state index contributed by atoms with van der Waals surface area (Å²) in [6.07, 6.45) is 1.24. The summed E-state index contributed by atoms with van der Waals surface area (Å²) in [5, 5.41) is 7.88. The van der Waals surface area contributed by atoms with Crippen LogP contribution in [-0.2, 0) is 4.74 Å². The number of hydrogen-bond acceptors (Lipinski definition) is 6. The molecule has 130 valence electrons. The van der Waals surface area contributed by atoms with E-state index < -0.39 is 5.60 Å². The summed E-state index contributed by atoms with van der Waals surface area (Å²) in [4.78, 5) is 24.8. The number of carbonyl (C=O) groups is 1. The number of nitrogens with one attached hydrogen (secondary N) is 1. The Labute approximate surface area is 148 Å². The van der Waals surface area contributed by atoms with Gasteiger partial charge in [0.05, 0.1) is 5.39 Å². The van der Waals surface area contributed by atoms with Crippen LogP contribution in [-0.4, -0.2) is 62.4 Å². The molecule has 0 radical (unpaired) electrons. The van der Waals surface area contributed by atoms with Crippen LogP contribution in [0.4, 0.5) is 10.6 Å². The van der Waals surface area contributed by atoms with Gasteiger partial charge in [0, 0.05) is 25.7 Å². The van der Waals surface area contributed by atoms with Crippen molar-refractivity contribution in [2.45, 2.75) is 39.3 Å². The third-order valence-electron chi connectivity index (χ3n) is 3.84. The van der Waals surface area contributed by atoms with Gasteiger partial charge in [0.1, 0.15) is 22.3 Å². The normalized spacial score (nSPS) is 19.0. The van der Waals surface area contributed by atoms with E-state index in [0.29, 0.717) is 25.3 Å². The standard InChI is InChI=1S/C15H21BrN6O2/c1-9-7-21(14(23)24-15(2,3)4)5-6-22(9)13-10-11(16)19-20-12(10)17-8-18-13/h8-9H,5-7H2,1-4H3,(H,17,18,19,20). The number of aromatic amines is 1. The smallest absolute Gasteiger partial charge is 0.410 e. The number of fused-ring (bicyclic) bond motifs is 1. The molecule has 9 heteroatoms. The highest BCUT2D eigenvalue weighted by Crippen LogP contribution is 2.30. The second kappa shape index (κ2) is 6.19. The number of ether oxygens (including phenoxy) is 1. The molecule has 0 bridgehead atoms. The Bertz CT molecular complexity index is 756. The van der Waals surface area contributed by atoms with Gasteiger partial charge in [-0.3, -0.25) is 5.10 Å². The zero-order valence-electron chi connectivity index (χ0n) is 14.2. The van der Waals surface area contributed by atoms with Crippen LogP contribution < -0.4 is 4.90 Å². The maximum Gasteiger partial charge on any atom is 0.410 e. The van der Waals surface area contributed by atoms with E-state index in [-0.39, 0.29) is 12.1 Å². The van der Waals surface area contributed by atoms with Crippen molar-refractivity contribution in [1.29, 1.82) is 0 Å². The zero-order chi connectivity index (χ0) is 17.5. The van der Waals surface area contributed by atoms with Crippen molar-refractivity contribution < 1.29 is 9.53 Å². The van der Waals surface area contributed by atoms with Crippen LogP contribution in [0.5, 0.6) is 0 Å². The largest absolute Gasteiger partial charge is 0.444 e. The lowest BCUT2D eigenvalue weighted by Gasteiger charge is -2.40. The monoisotopic (exact) mass is 396 g/mol. The molecule has 1 saturated heterocycles. The molecule has 1 unspecified atom stereocenters. The summed E-state index contributed by atoms with van der Waals surface area (Å²) in [6.45, 7) is 9.52. The van der Waals surface area contributed by atoms with E-state index in [1.54, 1.807) is 4.90 Å². The second-order valence-electron chi connectivity index (χ2n) is 6.90. The highest BCUT2D eigenvalue weighted by atomic mass is 79.9. The van der Waals surface area contributed by atoms with Crippen molar-refractivity contribution >= 4 is 38.9 Å². The number of amides is 1. The Hall–Kier alpha value is -1.90. The van der Waals surface area contributed by atoms with Gasteiger partial charge < -0.3 is 14.5 Å². The number of anilines is 1. The van der Waals surface area contributed by atoms with Crippen LogP contribution in [0.25, 0.3) is 11.0 Å². The first-order chi connectivity index (χ1) is 11.3. The Morgan fingerprint density at radius 1 is 1.38 bits per heavy atom. The Kier molecular flexibility index (Phi) is 4.37. The highest BCUT2D eigenvalue weighted by molar-refractivity contribution is 9.10. The third-order valence-corrected chi connectivity index (χ3v) is 4.41. The van der Waals surface area contributed by atoms with Crippen LogP contribution in [0.1, 0.15) is 27.7 Å². The van der Waals surface area contributed by atoms with Gasteiger partial charge in [-0.2, -0.15) is 5.10 Å². The number of hydrogen-bond donors (Lipinski definition) is 1. The number of halogens is 1. The average molecular weight is 397 g/mol. The van der Waals surface area contributed by atoms with Crippen molar-refractivity contribution in [3.8, 4) is 0 Å². The molecule has 1 atom stereocenters. The van der Waals surface area contributed by atoms with Crippen LogP contribution in [0, 0.1) is 0 Å². The van der Waals surface area contributed by atoms with E-state index in [4.69, 9.17) is 4.74 Å². The summed E-state index contributed by atoms with van der Waals surface area (Å²) in [5.74, 6) is 0.817. The lowest BCUT2D eigenvalue weighted by molar-refractivity contribution is 0.0218. The van der Waals surface area contributed by atoms with Gasteiger partial charge >= 0.3 is 6.09 Å². The fourth-order valence-corrected chi connectivity index (χ4v) is 3.23. The Morgan fingerprint density at radius 3 is 2.79 bits per heavy atom. The van der Waals surface area contributed by atoms with Gasteiger partial charge in [0.2, 0.25) is 0 Å². The van der Waals surface area contributed by atoms with E-state index in [0.717, 1.165) is 15.8 Å². The molecule has 2 aromatic heterocycles. The van der Waals surface area contributed by atoms with E-state index in [9.17, 15) is 4.79 Å². The minimum absolute atomic E-state index is 0.103. The molecule has 2 aromatic rings. The van der Waals surface area contributed by atoms with Crippen LogP contribution in [0.2, 0.25) is 0 Å². The molecule has 3 heterocycles. The maximum absolute atomic E-state index is 12.3. The first kappa shape index (κ1) is 16.9. The van der Waals surface area contributed by atoms with Gasteiger partial charge in [-0.15, -0.1) is 0 Å². The summed E-state index contributed by atoms with van der Waals surface area (Å²) in [6, 6.07) is 0.103. The van der Waals surface area contributed by atoms with E-state index in [1.165, 1.54) is 6.33 Å². The summed E-state index contributed by atoms with van der Waals surface area (Å²) in [5.41, 5.74) is 0.131. The minimum Gasteiger partial charge on any atom is -0.444 e. The van der Waals surface area contributed by atoms with Crippen molar-refractivity contribution in [2.75, 3.05) is 24.5 Å². The van der Waals surface area contributed by atoms with Crippen molar-refractivity contribution in [1.82, 2.24) is 25.1 Å². The summed E-state index contributed by atoms with van der Waals surface area (Å²) >= 11 is 3.46. The fraction of sp³-hybridized carbons (Fsp3) is 0.600. The van der Waals surface area contributed by atoms with Crippen LogP contribution in [0.3, 0.4) is 0 Å². The minimum atomic E-state index is -0.488. The topological polar surface area (TPSA) is 87.2 Å². The molecule has 0 spiro atoms. The molecule has 1 N–H and O–H groups in total. The van der Waals surface area contributed by atoms with Gasteiger partial charge in [-0.25, -0.2) is 14.8 Å². The van der Waals surface area contributed by atoms with Gasteiger partial charge in [-0.1, -0.05) is 0 Å². The lowest BCUT2D eigenvalue weighted by atomic mass is 10.1. The summed E-state index contributed by atoms with van der Waals surface area (Å²) in [7, 11) is 0. The number of piperazine rings is 1. The molecule has 1 fully saturated rings. The highest BCUT2D eigenvalue weighted by Gasteiger charge is 2.31. The average Bonchev–Trinajstić information content (AvgIpc) is 2.87. The first-order valence-corrected chi connectivity index (χ1v) is 8.64. The molecule has 24 heavy (non-hydrogen) atoms. The number of aromatic nitrogens is 4. The van der Waals surface area contributed by atoms with E-state index in [1.807, 2.05) is 20.8 Å². The van der Waals surface area contributed by atoms with Gasteiger partial charge in [0.25, 0.3) is 0 Å². The zero-order valence-corrected chi connectivity index (χ0v) is 15.8. The number of carbonyl (C=O) groups excluding carboxylic acids is 1. The Morgan fingerprint density at radius 2 is 2.12 bits per heavy atom. The molecule has 1 aliphatic rings. The van der Waals surface area contributed by atoms with Crippen molar-refractivity contribution in [3.63, 3.8) is 0 Å². The fourth-order valence-electron chi connectivity index (χ4n) is 2.79. The third kappa shape index (κ3) is 3.31. The summed E-state index contributed by atoms with van der Waals surface area (Å²) < 4.78 is 6.22. The first-order valence-electron chi connectivity index (χ1n) is 7.85. The molecule has 0 aromatic carbocycles. The van der Waals surface area contributed by atoms with E-state index in [2.05, 4.69) is 47.9 Å². The van der Waals surface area contributed by atoms with Crippen LogP contribution >= 0.6 is 15.9 Å². The predicted octanol–water partition coefficient (Wildman–Crippen LogP) is 2.56. The van der Waals surface area contributed by atoms with Gasteiger partial charge in [0.15, 0.2) is 5.65 Å². The molecular formula is C15H21BrN6O2. The lowest BCUT2D eigenvalue weighted by Crippen LogP contribution is -2.54.